The summed E-state index contributed by atoms with van der Waals surface area (Å²) < 4.78 is 37.9. The fourth-order valence-electron chi connectivity index (χ4n) is 2.71. The van der Waals surface area contributed by atoms with Gasteiger partial charge in [0, 0.05) is 18.2 Å². The lowest BCUT2D eigenvalue weighted by molar-refractivity contribution is 0.362. The van der Waals surface area contributed by atoms with E-state index in [2.05, 4.69) is 5.16 Å². The van der Waals surface area contributed by atoms with Gasteiger partial charge < -0.3 is 8.94 Å². The Labute approximate surface area is 135 Å². The van der Waals surface area contributed by atoms with Crippen molar-refractivity contribution in [2.75, 3.05) is 6.54 Å². The van der Waals surface area contributed by atoms with Crippen LogP contribution in [-0.4, -0.2) is 30.5 Å². The van der Waals surface area contributed by atoms with Gasteiger partial charge in [-0.25, -0.2) is 8.42 Å². The van der Waals surface area contributed by atoms with Crippen molar-refractivity contribution in [1.82, 2.24) is 9.46 Å². The molecule has 0 fully saturated rings. The SMILES string of the molecule is CCCC1C=CCN1S(=O)(=O)c1ccc(-c2onc(C)c2C)o1. The summed E-state index contributed by atoms with van der Waals surface area (Å²) in [5, 5.41) is 3.81. The number of hydrogen-bond donors (Lipinski definition) is 0. The van der Waals surface area contributed by atoms with Gasteiger partial charge in [0.1, 0.15) is 0 Å². The van der Waals surface area contributed by atoms with E-state index < -0.39 is 10.0 Å². The molecule has 0 amide bonds. The van der Waals surface area contributed by atoms with Crippen LogP contribution < -0.4 is 0 Å². The first kappa shape index (κ1) is 16.0. The first-order valence-electron chi connectivity index (χ1n) is 7.66. The van der Waals surface area contributed by atoms with Crippen LogP contribution in [0.15, 0.2) is 38.3 Å². The van der Waals surface area contributed by atoms with Gasteiger partial charge in [-0.3, -0.25) is 0 Å². The van der Waals surface area contributed by atoms with Crippen molar-refractivity contribution in [2.24, 2.45) is 0 Å². The highest BCUT2D eigenvalue weighted by atomic mass is 32.2. The number of aryl methyl sites for hydroxylation is 1. The Kier molecular flexibility index (Phi) is 4.16. The van der Waals surface area contributed by atoms with Gasteiger partial charge in [0.25, 0.3) is 10.0 Å². The van der Waals surface area contributed by atoms with Crippen molar-refractivity contribution < 1.29 is 17.4 Å². The molecule has 23 heavy (non-hydrogen) atoms. The molecule has 124 valence electrons. The van der Waals surface area contributed by atoms with E-state index in [4.69, 9.17) is 8.94 Å². The maximum absolute atomic E-state index is 12.8. The van der Waals surface area contributed by atoms with Crippen molar-refractivity contribution in [3.05, 3.63) is 35.5 Å². The molecule has 0 aromatic carbocycles. The minimum absolute atomic E-state index is 0.0641. The lowest BCUT2D eigenvalue weighted by Crippen LogP contribution is -2.35. The van der Waals surface area contributed by atoms with E-state index in [-0.39, 0.29) is 11.1 Å². The normalized spacial score (nSPS) is 18.8. The molecule has 0 bridgehead atoms. The van der Waals surface area contributed by atoms with E-state index in [9.17, 15) is 8.42 Å². The van der Waals surface area contributed by atoms with E-state index in [0.29, 0.717) is 18.1 Å². The zero-order valence-electron chi connectivity index (χ0n) is 13.4. The second-order valence-corrected chi connectivity index (χ2v) is 7.52. The molecule has 0 N–H and O–H groups in total. The summed E-state index contributed by atoms with van der Waals surface area (Å²) in [7, 11) is -3.66. The van der Waals surface area contributed by atoms with E-state index >= 15 is 0 Å². The molecule has 1 aliphatic rings. The largest absolute Gasteiger partial charge is 0.440 e. The van der Waals surface area contributed by atoms with Gasteiger partial charge in [-0.05, 0) is 32.4 Å². The molecule has 3 heterocycles. The second-order valence-electron chi connectivity index (χ2n) is 5.70. The molecule has 2 aromatic heterocycles. The number of nitrogens with zero attached hydrogens (tertiary/aromatic N) is 2. The van der Waals surface area contributed by atoms with Crippen molar-refractivity contribution in [2.45, 2.75) is 44.7 Å². The lowest BCUT2D eigenvalue weighted by Gasteiger charge is -2.22. The summed E-state index contributed by atoms with van der Waals surface area (Å²) in [6.45, 7) is 6.11. The zero-order valence-corrected chi connectivity index (χ0v) is 14.3. The molecule has 1 aliphatic heterocycles. The van der Waals surface area contributed by atoms with Crippen LogP contribution in [0.1, 0.15) is 31.0 Å². The number of aromatic nitrogens is 1. The quantitative estimate of drug-likeness (QED) is 0.783. The summed E-state index contributed by atoms with van der Waals surface area (Å²) in [6.07, 6.45) is 5.53. The highest BCUT2D eigenvalue weighted by Gasteiger charge is 2.34. The Morgan fingerprint density at radius 3 is 2.78 bits per heavy atom. The second kappa shape index (κ2) is 5.98. The topological polar surface area (TPSA) is 76.6 Å². The Morgan fingerprint density at radius 2 is 2.13 bits per heavy atom. The van der Waals surface area contributed by atoms with Crippen LogP contribution in [0.5, 0.6) is 0 Å². The number of rotatable bonds is 5. The fourth-order valence-corrected chi connectivity index (χ4v) is 4.19. The minimum Gasteiger partial charge on any atom is -0.440 e. The standard InChI is InChI=1S/C16H20N2O4S/c1-4-6-13-7-5-10-18(13)23(19,20)15-9-8-14(21-15)16-11(2)12(3)17-22-16/h5,7-9,13H,4,6,10H2,1-3H3. The van der Waals surface area contributed by atoms with Crippen LogP contribution in [0.2, 0.25) is 0 Å². The van der Waals surface area contributed by atoms with E-state index in [0.717, 1.165) is 24.1 Å². The van der Waals surface area contributed by atoms with E-state index in [1.54, 1.807) is 6.07 Å². The van der Waals surface area contributed by atoms with E-state index in [1.807, 2.05) is 32.9 Å². The molecule has 1 unspecified atom stereocenters. The van der Waals surface area contributed by atoms with Gasteiger partial charge in [-0.1, -0.05) is 30.7 Å². The number of sulfonamides is 1. The molecule has 7 heteroatoms. The molecule has 0 radical (unpaired) electrons. The van der Waals surface area contributed by atoms with Gasteiger partial charge in [-0.2, -0.15) is 4.31 Å². The molecule has 1 atom stereocenters. The summed E-state index contributed by atoms with van der Waals surface area (Å²) in [5.41, 5.74) is 1.60. The maximum atomic E-state index is 12.8. The van der Waals surface area contributed by atoms with Gasteiger partial charge in [0.2, 0.25) is 10.9 Å². The molecule has 3 rings (SSSR count). The predicted molar refractivity (Wildman–Crippen MR) is 85.4 cm³/mol. The van der Waals surface area contributed by atoms with Gasteiger partial charge in [-0.15, -0.1) is 0 Å². The van der Waals surface area contributed by atoms with Crippen LogP contribution in [0.25, 0.3) is 11.5 Å². The monoisotopic (exact) mass is 336 g/mol. The number of hydrogen-bond acceptors (Lipinski definition) is 5. The van der Waals surface area contributed by atoms with Gasteiger partial charge in [0.05, 0.1) is 5.69 Å². The highest BCUT2D eigenvalue weighted by Crippen LogP contribution is 2.31. The molecular weight excluding hydrogens is 316 g/mol. The molecule has 6 nitrogen and oxygen atoms in total. The lowest BCUT2D eigenvalue weighted by atomic mass is 10.2. The van der Waals surface area contributed by atoms with Crippen molar-refractivity contribution in [3.8, 4) is 11.5 Å². The van der Waals surface area contributed by atoms with Crippen LogP contribution in [0.3, 0.4) is 0 Å². The molecule has 0 aliphatic carbocycles. The van der Waals surface area contributed by atoms with Gasteiger partial charge >= 0.3 is 0 Å². The van der Waals surface area contributed by atoms with Crippen LogP contribution in [-0.2, 0) is 10.0 Å². The highest BCUT2D eigenvalue weighted by molar-refractivity contribution is 7.89. The Hall–Kier alpha value is -1.86. The Bertz CT molecular complexity index is 832. The van der Waals surface area contributed by atoms with Crippen molar-refractivity contribution >= 4 is 10.0 Å². The van der Waals surface area contributed by atoms with Crippen LogP contribution in [0.4, 0.5) is 0 Å². The minimum atomic E-state index is -3.66. The smallest absolute Gasteiger partial charge is 0.277 e. The molecule has 0 saturated heterocycles. The third-order valence-corrected chi connectivity index (χ3v) is 5.89. The predicted octanol–water partition coefficient (Wildman–Crippen LogP) is 3.28. The van der Waals surface area contributed by atoms with Crippen molar-refractivity contribution in [3.63, 3.8) is 0 Å². The van der Waals surface area contributed by atoms with E-state index in [1.165, 1.54) is 10.4 Å². The van der Waals surface area contributed by atoms with Crippen molar-refractivity contribution in [1.29, 1.82) is 0 Å². The first-order chi connectivity index (χ1) is 10.9. The molecule has 0 spiro atoms. The fraction of sp³-hybridized carbons (Fsp3) is 0.438. The van der Waals surface area contributed by atoms with Crippen LogP contribution in [0, 0.1) is 13.8 Å². The number of furan rings is 1. The Morgan fingerprint density at radius 1 is 1.35 bits per heavy atom. The Balaban J connectivity index is 1.92. The average Bonchev–Trinajstić information content (AvgIpc) is 3.21. The van der Waals surface area contributed by atoms with Crippen LogP contribution >= 0.6 is 0 Å². The van der Waals surface area contributed by atoms with Gasteiger partial charge in [0.15, 0.2) is 5.76 Å². The first-order valence-corrected chi connectivity index (χ1v) is 9.10. The summed E-state index contributed by atoms with van der Waals surface area (Å²) in [6, 6.07) is 2.98. The third-order valence-electron chi connectivity index (χ3n) is 4.12. The maximum Gasteiger partial charge on any atom is 0.277 e. The summed E-state index contributed by atoms with van der Waals surface area (Å²) in [5.74, 6) is 0.842. The summed E-state index contributed by atoms with van der Waals surface area (Å²) >= 11 is 0. The third kappa shape index (κ3) is 2.74. The average molecular weight is 336 g/mol. The summed E-state index contributed by atoms with van der Waals surface area (Å²) in [4.78, 5) is 0. The molecule has 0 saturated carbocycles. The molecular formula is C16H20N2O4S. The molecule has 2 aromatic rings. The zero-order chi connectivity index (χ0) is 16.6.